The maximum Gasteiger partial charge on any atom is 0.472 e. The lowest BCUT2D eigenvalue weighted by atomic mass is 10.0. The summed E-state index contributed by atoms with van der Waals surface area (Å²) >= 11 is 0. The molecule has 0 saturated heterocycles. The molecule has 0 spiro atoms. The topological polar surface area (TPSA) is 105 Å². The minimum Gasteiger partial charge on any atom is -0.387 e. The number of aliphatic hydroxyl groups excluding tert-OH is 1. The molecule has 0 aromatic heterocycles. The van der Waals surface area contributed by atoms with Crippen molar-refractivity contribution >= 4 is 13.7 Å². The van der Waals surface area contributed by atoms with E-state index in [0.29, 0.717) is 17.4 Å². The molecule has 1 amide bonds. The van der Waals surface area contributed by atoms with Gasteiger partial charge in [0.1, 0.15) is 13.2 Å². The van der Waals surface area contributed by atoms with E-state index in [0.717, 1.165) is 32.1 Å². The molecule has 0 aliphatic carbocycles. The largest absolute Gasteiger partial charge is 0.472 e. The Morgan fingerprint density at radius 1 is 0.532 bits per heavy atom. The lowest BCUT2D eigenvalue weighted by molar-refractivity contribution is -0.870. The number of hydrogen-bond acceptors (Lipinski definition) is 5. The van der Waals surface area contributed by atoms with Crippen molar-refractivity contribution in [3.8, 4) is 0 Å². The third-order valence-corrected chi connectivity index (χ3v) is 13.5. The van der Waals surface area contributed by atoms with Gasteiger partial charge in [0.2, 0.25) is 5.91 Å². The van der Waals surface area contributed by atoms with Crippen LogP contribution in [0.2, 0.25) is 0 Å². The summed E-state index contributed by atoms with van der Waals surface area (Å²) in [6.45, 7) is 4.81. The molecule has 0 saturated carbocycles. The van der Waals surface area contributed by atoms with Crippen LogP contribution in [0.25, 0.3) is 0 Å². The number of likely N-dealkylation sites (N-methyl/N-ethyl adjacent to an activating group) is 1. The first kappa shape index (κ1) is 61.2. The number of carbonyl (C=O) groups is 1. The van der Waals surface area contributed by atoms with E-state index in [1.807, 2.05) is 27.2 Å². The second kappa shape index (κ2) is 45.4. The second-order valence-corrected chi connectivity index (χ2v) is 21.4. The van der Waals surface area contributed by atoms with E-state index in [2.05, 4.69) is 19.2 Å². The summed E-state index contributed by atoms with van der Waals surface area (Å²) in [5.41, 5.74) is 0. The Kier molecular flexibility index (Phi) is 44.8. The van der Waals surface area contributed by atoms with Crippen molar-refractivity contribution in [2.24, 2.45) is 0 Å². The fourth-order valence-corrected chi connectivity index (χ4v) is 8.96. The fraction of sp³-hybridized carbons (Fsp3) is 0.943. The zero-order valence-corrected chi connectivity index (χ0v) is 43.0. The van der Waals surface area contributed by atoms with Crippen molar-refractivity contribution in [1.82, 2.24) is 5.32 Å². The smallest absolute Gasteiger partial charge is 0.387 e. The van der Waals surface area contributed by atoms with Crippen LogP contribution in [0.15, 0.2) is 12.2 Å². The van der Waals surface area contributed by atoms with Gasteiger partial charge in [0, 0.05) is 6.42 Å². The Morgan fingerprint density at radius 2 is 0.855 bits per heavy atom. The van der Waals surface area contributed by atoms with Crippen LogP contribution >= 0.6 is 7.82 Å². The lowest BCUT2D eigenvalue weighted by Gasteiger charge is -2.25. The summed E-state index contributed by atoms with van der Waals surface area (Å²) in [4.78, 5) is 23.0. The Balaban J connectivity index is 3.93. The zero-order chi connectivity index (χ0) is 45.7. The van der Waals surface area contributed by atoms with Gasteiger partial charge in [0.05, 0.1) is 39.9 Å². The normalized spacial score (nSPS) is 14.1. The highest BCUT2D eigenvalue weighted by molar-refractivity contribution is 7.47. The van der Waals surface area contributed by atoms with Crippen molar-refractivity contribution in [1.29, 1.82) is 0 Å². The molecule has 370 valence electrons. The van der Waals surface area contributed by atoms with E-state index in [4.69, 9.17) is 9.05 Å². The van der Waals surface area contributed by atoms with Gasteiger partial charge in [-0.3, -0.25) is 13.8 Å². The van der Waals surface area contributed by atoms with Gasteiger partial charge >= 0.3 is 7.82 Å². The maximum absolute atomic E-state index is 12.8. The van der Waals surface area contributed by atoms with Crippen molar-refractivity contribution in [2.45, 2.75) is 283 Å². The Labute approximate surface area is 386 Å². The number of nitrogens with zero attached hydrogens (tertiary/aromatic N) is 1. The second-order valence-electron chi connectivity index (χ2n) is 20.0. The number of phosphoric acid groups is 1. The van der Waals surface area contributed by atoms with Gasteiger partial charge < -0.3 is 19.8 Å². The first-order chi connectivity index (χ1) is 30.0. The Hall–Kier alpha value is -0.760. The van der Waals surface area contributed by atoms with E-state index in [9.17, 15) is 19.4 Å². The fourth-order valence-electron chi connectivity index (χ4n) is 8.22. The SMILES string of the molecule is CCCCCCCCCCCCCCCCCCCCCCCCCCCCCCCC/C=C/C(O)C(COP(=O)(O)OCC[N+](C)(C)C)NC(=O)CCCCCCCCCC. The monoisotopic (exact) mass is 900 g/mol. The van der Waals surface area contributed by atoms with Crippen LogP contribution in [0.3, 0.4) is 0 Å². The van der Waals surface area contributed by atoms with E-state index < -0.39 is 20.0 Å². The summed E-state index contributed by atoms with van der Waals surface area (Å²) in [5.74, 6) is -0.179. The molecule has 0 aromatic rings. The van der Waals surface area contributed by atoms with E-state index >= 15 is 0 Å². The summed E-state index contributed by atoms with van der Waals surface area (Å²) in [5, 5.41) is 13.8. The molecule has 0 rings (SSSR count). The lowest BCUT2D eigenvalue weighted by Crippen LogP contribution is -2.45. The average molecular weight is 900 g/mol. The number of aliphatic hydroxyl groups is 1. The molecule has 0 aliphatic rings. The minimum atomic E-state index is -4.33. The maximum atomic E-state index is 12.8. The van der Waals surface area contributed by atoms with Gasteiger partial charge in [0.25, 0.3) is 0 Å². The standard InChI is InChI=1S/C53H107N2O6P/c1-6-8-10-12-14-16-17-18-19-20-21-22-23-24-25-26-27-28-29-30-31-32-33-34-35-36-37-38-39-40-42-44-46-52(56)51(50-61-62(58,59)60-49-48-55(3,4)5)54-53(57)47-45-43-41-15-13-11-9-7-2/h44,46,51-52,56H,6-43,45,47-50H2,1-5H3,(H-,54,57,58,59)/p+1/b46-44+. The van der Waals surface area contributed by atoms with Crippen LogP contribution in [-0.4, -0.2) is 73.4 Å². The number of hydrogen-bond donors (Lipinski definition) is 3. The van der Waals surface area contributed by atoms with Crippen LogP contribution in [0.5, 0.6) is 0 Å². The predicted octanol–water partition coefficient (Wildman–Crippen LogP) is 15.9. The third-order valence-electron chi connectivity index (χ3n) is 12.5. The molecule has 0 radical (unpaired) electrons. The molecule has 62 heavy (non-hydrogen) atoms. The molecule has 0 aliphatic heterocycles. The van der Waals surface area contributed by atoms with Crippen LogP contribution in [0.1, 0.15) is 271 Å². The van der Waals surface area contributed by atoms with Gasteiger partial charge in [-0.15, -0.1) is 0 Å². The minimum absolute atomic E-state index is 0.0644. The van der Waals surface area contributed by atoms with E-state index in [-0.39, 0.29) is 19.1 Å². The molecule has 3 unspecified atom stereocenters. The molecule has 9 heteroatoms. The molecule has 0 fully saturated rings. The molecule has 0 heterocycles. The van der Waals surface area contributed by atoms with Crippen molar-refractivity contribution in [3.63, 3.8) is 0 Å². The zero-order valence-electron chi connectivity index (χ0n) is 42.1. The van der Waals surface area contributed by atoms with Crippen LogP contribution in [0.4, 0.5) is 0 Å². The van der Waals surface area contributed by atoms with Crippen LogP contribution in [0, 0.1) is 0 Å². The van der Waals surface area contributed by atoms with Gasteiger partial charge in [-0.1, -0.05) is 257 Å². The molecular formula is C53H108N2O6P+. The first-order valence-corrected chi connectivity index (χ1v) is 28.6. The molecule has 0 bridgehead atoms. The van der Waals surface area contributed by atoms with E-state index in [1.165, 1.54) is 218 Å². The average Bonchev–Trinajstić information content (AvgIpc) is 3.23. The van der Waals surface area contributed by atoms with Gasteiger partial charge in [-0.05, 0) is 19.3 Å². The number of unbranched alkanes of at least 4 members (excludes halogenated alkanes) is 37. The number of phosphoric ester groups is 1. The molecule has 3 atom stereocenters. The van der Waals surface area contributed by atoms with E-state index in [1.54, 1.807) is 6.08 Å². The summed E-state index contributed by atoms with van der Waals surface area (Å²) in [6, 6.07) is -0.839. The van der Waals surface area contributed by atoms with Crippen molar-refractivity contribution < 1.29 is 32.9 Å². The van der Waals surface area contributed by atoms with Crippen molar-refractivity contribution in [2.75, 3.05) is 40.9 Å². The molecule has 3 N–H and O–H groups in total. The number of quaternary nitrogens is 1. The van der Waals surface area contributed by atoms with Crippen LogP contribution in [-0.2, 0) is 18.4 Å². The number of amides is 1. The Bertz CT molecular complexity index is 1020. The highest BCUT2D eigenvalue weighted by atomic mass is 31.2. The number of carbonyl (C=O) groups excluding carboxylic acids is 1. The number of rotatable bonds is 50. The third kappa shape index (κ3) is 47.2. The number of nitrogens with one attached hydrogen (secondary N) is 1. The van der Waals surface area contributed by atoms with Gasteiger partial charge in [-0.2, -0.15) is 0 Å². The highest BCUT2D eigenvalue weighted by Gasteiger charge is 2.27. The molecular weight excluding hydrogens is 792 g/mol. The quantitative estimate of drug-likeness (QED) is 0.0243. The van der Waals surface area contributed by atoms with Gasteiger partial charge in [-0.25, -0.2) is 4.57 Å². The molecule has 0 aromatic carbocycles. The summed E-state index contributed by atoms with van der Waals surface area (Å²) < 4.78 is 23.6. The first-order valence-electron chi connectivity index (χ1n) is 27.1. The molecule has 8 nitrogen and oxygen atoms in total. The summed E-state index contributed by atoms with van der Waals surface area (Å²) in [6.07, 6.45) is 54.9. The van der Waals surface area contributed by atoms with Crippen molar-refractivity contribution in [3.05, 3.63) is 12.2 Å². The summed E-state index contributed by atoms with van der Waals surface area (Å²) in [7, 11) is 1.58. The van der Waals surface area contributed by atoms with Crippen LogP contribution < -0.4 is 5.32 Å². The predicted molar refractivity (Wildman–Crippen MR) is 268 cm³/mol. The number of allylic oxidation sites excluding steroid dienone is 1. The highest BCUT2D eigenvalue weighted by Crippen LogP contribution is 2.43. The Morgan fingerprint density at radius 3 is 1.19 bits per heavy atom. The van der Waals surface area contributed by atoms with Gasteiger partial charge in [0.15, 0.2) is 0 Å².